The van der Waals surface area contributed by atoms with E-state index in [4.69, 9.17) is 4.74 Å². The highest BCUT2D eigenvalue weighted by Gasteiger charge is 2.33. The number of pyridine rings is 1. The average molecular weight is 392 g/mol. The summed E-state index contributed by atoms with van der Waals surface area (Å²) >= 11 is 3.49. The Morgan fingerprint density at radius 3 is 3.00 bits per heavy atom. The number of nitrogens with one attached hydrogen (secondary N) is 1. The van der Waals surface area contributed by atoms with Crippen LogP contribution in [0.4, 0.5) is 10.6 Å². The highest BCUT2D eigenvalue weighted by atomic mass is 79.9. The van der Waals surface area contributed by atoms with E-state index in [1.54, 1.807) is 12.5 Å². The minimum Gasteiger partial charge on any atom is -0.442 e. The largest absolute Gasteiger partial charge is 0.442 e. The van der Waals surface area contributed by atoms with Gasteiger partial charge in [-0.2, -0.15) is 0 Å². The predicted octanol–water partition coefficient (Wildman–Crippen LogP) is 1.29. The fraction of sp³-hybridized carbons (Fsp3) is 0.357. The summed E-state index contributed by atoms with van der Waals surface area (Å²) < 4.78 is 8.01. The minimum absolute atomic E-state index is 0.162. The second kappa shape index (κ2) is 5.55. The molecule has 0 spiro atoms. The van der Waals surface area contributed by atoms with Gasteiger partial charge >= 0.3 is 6.09 Å². The van der Waals surface area contributed by atoms with E-state index in [-0.39, 0.29) is 6.10 Å². The predicted molar refractivity (Wildman–Crippen MR) is 90.1 cm³/mol. The van der Waals surface area contributed by atoms with Crippen LogP contribution >= 0.6 is 15.9 Å². The Hall–Kier alpha value is -2.49. The molecule has 1 amide bonds. The van der Waals surface area contributed by atoms with E-state index in [1.807, 2.05) is 16.2 Å². The van der Waals surface area contributed by atoms with Gasteiger partial charge in [-0.3, -0.25) is 4.40 Å². The molecule has 1 fully saturated rings. The lowest BCUT2D eigenvalue weighted by Gasteiger charge is -2.38. The number of aromatic nitrogens is 5. The van der Waals surface area contributed by atoms with E-state index in [2.05, 4.69) is 41.4 Å². The number of hydrogen-bond donors (Lipinski definition) is 1. The molecule has 0 aliphatic carbocycles. The van der Waals surface area contributed by atoms with Gasteiger partial charge < -0.3 is 15.0 Å². The number of amides is 1. The molecule has 0 aromatic carbocycles. The van der Waals surface area contributed by atoms with E-state index in [9.17, 15) is 4.79 Å². The second-order valence-electron chi connectivity index (χ2n) is 5.55. The summed E-state index contributed by atoms with van der Waals surface area (Å²) in [4.78, 5) is 22.3. The normalized spacial score (nSPS) is 14.9. The number of anilines is 1. The molecule has 0 atom stereocenters. The smallest absolute Gasteiger partial charge is 0.407 e. The number of ether oxygens (including phenoxy) is 1. The molecule has 0 bridgehead atoms. The lowest BCUT2D eigenvalue weighted by molar-refractivity contribution is 0.0824. The molecule has 3 aromatic rings. The quantitative estimate of drug-likeness (QED) is 0.702. The SMILES string of the molecule is CNC(=O)OC1CN(c2nc3ncc(Br)c(C)c3n3cnnc23)C1. The van der Waals surface area contributed by atoms with E-state index in [1.165, 1.54) is 7.05 Å². The number of hydrogen-bond acceptors (Lipinski definition) is 7. The van der Waals surface area contributed by atoms with Gasteiger partial charge in [0, 0.05) is 17.7 Å². The van der Waals surface area contributed by atoms with Gasteiger partial charge in [0.2, 0.25) is 5.65 Å². The van der Waals surface area contributed by atoms with Gasteiger partial charge in [0.15, 0.2) is 11.5 Å². The molecule has 0 radical (unpaired) electrons. The molecule has 1 saturated heterocycles. The van der Waals surface area contributed by atoms with Crippen molar-refractivity contribution in [3.63, 3.8) is 0 Å². The number of rotatable bonds is 2. The van der Waals surface area contributed by atoms with Gasteiger partial charge in [0.05, 0.1) is 18.6 Å². The number of carbonyl (C=O) groups excluding carboxylic acids is 1. The summed E-state index contributed by atoms with van der Waals surface area (Å²) in [5.74, 6) is 0.686. The monoisotopic (exact) mass is 391 g/mol. The number of fused-ring (bicyclic) bond motifs is 3. The summed E-state index contributed by atoms with van der Waals surface area (Å²) in [6, 6.07) is 0. The van der Waals surface area contributed by atoms with E-state index in [0.717, 1.165) is 15.6 Å². The van der Waals surface area contributed by atoms with Crippen LogP contribution in [0.2, 0.25) is 0 Å². The molecule has 0 unspecified atom stereocenters. The first-order chi connectivity index (χ1) is 11.6. The first-order valence-corrected chi connectivity index (χ1v) is 8.15. The zero-order chi connectivity index (χ0) is 16.8. The molecule has 3 aromatic heterocycles. The van der Waals surface area contributed by atoms with E-state index in [0.29, 0.717) is 30.2 Å². The number of halogens is 1. The second-order valence-corrected chi connectivity index (χ2v) is 6.40. The molecule has 1 aliphatic rings. The Labute approximate surface area is 145 Å². The summed E-state index contributed by atoms with van der Waals surface area (Å²) in [6.07, 6.45) is 2.80. The number of carbonyl (C=O) groups is 1. The minimum atomic E-state index is -0.430. The van der Waals surface area contributed by atoms with Gasteiger partial charge in [-0.05, 0) is 28.4 Å². The lowest BCUT2D eigenvalue weighted by Crippen LogP contribution is -2.54. The van der Waals surface area contributed by atoms with Crippen LogP contribution in [-0.2, 0) is 4.74 Å². The van der Waals surface area contributed by atoms with Crippen molar-refractivity contribution in [3.05, 3.63) is 22.6 Å². The maximum Gasteiger partial charge on any atom is 0.407 e. The van der Waals surface area contributed by atoms with Crippen molar-refractivity contribution in [3.8, 4) is 0 Å². The van der Waals surface area contributed by atoms with Crippen LogP contribution in [0, 0.1) is 6.92 Å². The first-order valence-electron chi connectivity index (χ1n) is 7.36. The van der Waals surface area contributed by atoms with Crippen LogP contribution in [0.25, 0.3) is 16.8 Å². The third-order valence-corrected chi connectivity index (χ3v) is 4.85. The van der Waals surface area contributed by atoms with E-state index < -0.39 is 6.09 Å². The maximum atomic E-state index is 11.3. The van der Waals surface area contributed by atoms with Crippen molar-refractivity contribution in [2.45, 2.75) is 13.0 Å². The van der Waals surface area contributed by atoms with Crippen molar-refractivity contribution in [2.24, 2.45) is 0 Å². The van der Waals surface area contributed by atoms with Crippen molar-refractivity contribution < 1.29 is 9.53 Å². The lowest BCUT2D eigenvalue weighted by atomic mass is 10.1. The first kappa shape index (κ1) is 15.1. The molecule has 0 saturated carbocycles. The van der Waals surface area contributed by atoms with E-state index >= 15 is 0 Å². The van der Waals surface area contributed by atoms with Gasteiger partial charge in [-0.25, -0.2) is 14.8 Å². The average Bonchev–Trinajstić information content (AvgIpc) is 3.02. The molecule has 24 heavy (non-hydrogen) atoms. The maximum absolute atomic E-state index is 11.3. The van der Waals surface area contributed by atoms with Crippen LogP contribution < -0.4 is 10.2 Å². The fourth-order valence-electron chi connectivity index (χ4n) is 2.74. The summed E-state index contributed by atoms with van der Waals surface area (Å²) in [6.45, 7) is 3.11. The molecule has 4 heterocycles. The summed E-state index contributed by atoms with van der Waals surface area (Å²) in [5, 5.41) is 10.6. The van der Waals surface area contributed by atoms with Crippen LogP contribution in [0.3, 0.4) is 0 Å². The molecule has 10 heteroatoms. The van der Waals surface area contributed by atoms with Crippen molar-refractivity contribution in [2.75, 3.05) is 25.0 Å². The third-order valence-electron chi connectivity index (χ3n) is 4.05. The number of alkyl carbamates (subject to hydrolysis) is 1. The van der Waals surface area contributed by atoms with Crippen LogP contribution in [0.5, 0.6) is 0 Å². The molecule has 4 rings (SSSR count). The molecule has 1 aliphatic heterocycles. The Balaban J connectivity index is 1.73. The van der Waals surface area contributed by atoms with Gasteiger partial charge in [-0.1, -0.05) is 0 Å². The number of nitrogens with zero attached hydrogens (tertiary/aromatic N) is 6. The van der Waals surface area contributed by atoms with Crippen molar-refractivity contribution >= 4 is 44.7 Å². The van der Waals surface area contributed by atoms with Crippen molar-refractivity contribution in [1.82, 2.24) is 29.9 Å². The summed E-state index contributed by atoms with van der Waals surface area (Å²) in [5.41, 5.74) is 3.16. The molecule has 9 nitrogen and oxygen atoms in total. The van der Waals surface area contributed by atoms with Gasteiger partial charge in [-0.15, -0.1) is 10.2 Å². The van der Waals surface area contributed by atoms with Crippen LogP contribution in [-0.4, -0.2) is 56.9 Å². The number of aryl methyl sites for hydroxylation is 1. The summed E-state index contributed by atoms with van der Waals surface area (Å²) in [7, 11) is 1.54. The van der Waals surface area contributed by atoms with Crippen LogP contribution in [0.1, 0.15) is 5.56 Å². The van der Waals surface area contributed by atoms with Crippen molar-refractivity contribution in [1.29, 1.82) is 0 Å². The Kier molecular flexibility index (Phi) is 3.48. The highest BCUT2D eigenvalue weighted by molar-refractivity contribution is 9.10. The Bertz CT molecular complexity index is 951. The van der Waals surface area contributed by atoms with Gasteiger partial charge in [0.25, 0.3) is 0 Å². The fourth-order valence-corrected chi connectivity index (χ4v) is 3.03. The standard InChI is InChI=1S/C14H14BrN7O2/c1-7-9(15)3-17-11-10(7)22-6-18-20-13(22)12(19-11)21-4-8(5-21)24-14(23)16-2/h3,6,8H,4-5H2,1-2H3,(H,16,23). The Morgan fingerprint density at radius 2 is 2.25 bits per heavy atom. The third kappa shape index (κ3) is 2.25. The zero-order valence-electron chi connectivity index (χ0n) is 13.0. The highest BCUT2D eigenvalue weighted by Crippen LogP contribution is 2.29. The molecular weight excluding hydrogens is 378 g/mol. The molecular formula is C14H14BrN7O2. The topological polar surface area (TPSA) is 97.5 Å². The Morgan fingerprint density at radius 1 is 1.46 bits per heavy atom. The van der Waals surface area contributed by atoms with Crippen LogP contribution in [0.15, 0.2) is 17.0 Å². The molecule has 124 valence electrons. The van der Waals surface area contributed by atoms with Gasteiger partial charge in [0.1, 0.15) is 12.4 Å². The molecule has 1 N–H and O–H groups in total. The zero-order valence-corrected chi connectivity index (χ0v) is 14.6.